The predicted octanol–water partition coefficient (Wildman–Crippen LogP) is 0.178. The summed E-state index contributed by atoms with van der Waals surface area (Å²) in [6, 6.07) is 0.248. The SMILES string of the molecule is NC(=O)C(CCOCC1CCCO1)NC1CC1. The number of nitrogens with one attached hydrogen (secondary N) is 1. The zero-order chi connectivity index (χ0) is 12.1. The summed E-state index contributed by atoms with van der Waals surface area (Å²) in [7, 11) is 0. The van der Waals surface area contributed by atoms with Crippen LogP contribution in [0.5, 0.6) is 0 Å². The van der Waals surface area contributed by atoms with Crippen LogP contribution in [0.4, 0.5) is 0 Å². The summed E-state index contributed by atoms with van der Waals surface area (Å²) in [6.45, 7) is 2.04. The van der Waals surface area contributed by atoms with E-state index in [1.54, 1.807) is 0 Å². The molecule has 1 saturated heterocycles. The molecule has 2 fully saturated rings. The normalized spacial score (nSPS) is 26.0. The van der Waals surface area contributed by atoms with Gasteiger partial charge < -0.3 is 20.5 Å². The van der Waals surface area contributed by atoms with Crippen molar-refractivity contribution in [3.63, 3.8) is 0 Å². The van der Waals surface area contributed by atoms with Gasteiger partial charge in [-0.2, -0.15) is 0 Å². The lowest BCUT2D eigenvalue weighted by molar-refractivity contribution is -0.120. The molecule has 3 N–H and O–H groups in total. The van der Waals surface area contributed by atoms with Crippen molar-refractivity contribution in [1.82, 2.24) is 5.32 Å². The zero-order valence-corrected chi connectivity index (χ0v) is 10.2. The number of amides is 1. The maximum absolute atomic E-state index is 11.2. The minimum absolute atomic E-state index is 0.244. The van der Waals surface area contributed by atoms with E-state index in [2.05, 4.69) is 5.32 Å². The van der Waals surface area contributed by atoms with E-state index in [1.807, 2.05) is 0 Å². The van der Waals surface area contributed by atoms with E-state index in [-0.39, 0.29) is 18.1 Å². The van der Waals surface area contributed by atoms with Crippen LogP contribution in [-0.2, 0) is 14.3 Å². The third-order valence-corrected chi connectivity index (χ3v) is 3.24. The molecule has 2 rings (SSSR count). The van der Waals surface area contributed by atoms with Gasteiger partial charge in [-0.25, -0.2) is 0 Å². The van der Waals surface area contributed by atoms with E-state index in [1.165, 1.54) is 0 Å². The Morgan fingerprint density at radius 1 is 1.47 bits per heavy atom. The van der Waals surface area contributed by atoms with Gasteiger partial charge in [-0.3, -0.25) is 4.79 Å². The fourth-order valence-corrected chi connectivity index (χ4v) is 2.03. The van der Waals surface area contributed by atoms with Crippen LogP contribution in [0, 0.1) is 0 Å². The zero-order valence-electron chi connectivity index (χ0n) is 10.2. The first-order valence-corrected chi connectivity index (χ1v) is 6.50. The molecule has 0 bridgehead atoms. The van der Waals surface area contributed by atoms with E-state index < -0.39 is 0 Å². The smallest absolute Gasteiger partial charge is 0.234 e. The van der Waals surface area contributed by atoms with Gasteiger partial charge in [-0.05, 0) is 32.1 Å². The van der Waals surface area contributed by atoms with Gasteiger partial charge in [0.15, 0.2) is 0 Å². The minimum Gasteiger partial charge on any atom is -0.379 e. The van der Waals surface area contributed by atoms with E-state index in [0.29, 0.717) is 25.7 Å². The third kappa shape index (κ3) is 4.61. The van der Waals surface area contributed by atoms with Crippen LogP contribution >= 0.6 is 0 Å². The van der Waals surface area contributed by atoms with Gasteiger partial charge in [0.2, 0.25) is 5.91 Å². The van der Waals surface area contributed by atoms with E-state index in [4.69, 9.17) is 15.2 Å². The number of rotatable bonds is 8. The molecule has 0 aromatic rings. The van der Waals surface area contributed by atoms with Crippen LogP contribution in [0.25, 0.3) is 0 Å². The van der Waals surface area contributed by atoms with Crippen LogP contribution in [-0.4, -0.2) is 43.9 Å². The van der Waals surface area contributed by atoms with E-state index >= 15 is 0 Å². The number of carbonyl (C=O) groups excluding carboxylic acids is 1. The van der Waals surface area contributed by atoms with Crippen molar-refractivity contribution in [2.75, 3.05) is 19.8 Å². The van der Waals surface area contributed by atoms with Gasteiger partial charge >= 0.3 is 0 Å². The van der Waals surface area contributed by atoms with Gasteiger partial charge in [-0.1, -0.05) is 0 Å². The fourth-order valence-electron chi connectivity index (χ4n) is 2.03. The Morgan fingerprint density at radius 2 is 2.29 bits per heavy atom. The van der Waals surface area contributed by atoms with Gasteiger partial charge in [0, 0.05) is 19.3 Å². The topological polar surface area (TPSA) is 73.6 Å². The molecule has 1 aliphatic heterocycles. The van der Waals surface area contributed by atoms with E-state index in [0.717, 1.165) is 32.3 Å². The highest BCUT2D eigenvalue weighted by Gasteiger charge is 2.27. The largest absolute Gasteiger partial charge is 0.379 e. The summed E-state index contributed by atoms with van der Waals surface area (Å²) in [5.41, 5.74) is 5.34. The fraction of sp³-hybridized carbons (Fsp3) is 0.917. The van der Waals surface area contributed by atoms with Crippen molar-refractivity contribution in [3.05, 3.63) is 0 Å². The molecule has 17 heavy (non-hydrogen) atoms. The summed E-state index contributed by atoms with van der Waals surface area (Å²) in [4.78, 5) is 11.2. The van der Waals surface area contributed by atoms with E-state index in [9.17, 15) is 4.79 Å². The van der Waals surface area contributed by atoms with Crippen LogP contribution in [0.3, 0.4) is 0 Å². The second kappa shape index (κ2) is 6.33. The Bertz CT molecular complexity index is 250. The summed E-state index contributed by atoms with van der Waals surface area (Å²) in [5.74, 6) is -0.280. The quantitative estimate of drug-likeness (QED) is 0.595. The summed E-state index contributed by atoms with van der Waals surface area (Å²) in [6.07, 6.45) is 5.42. The van der Waals surface area contributed by atoms with Crippen LogP contribution in [0.2, 0.25) is 0 Å². The molecule has 2 aliphatic rings. The lowest BCUT2D eigenvalue weighted by Crippen LogP contribution is -2.43. The van der Waals surface area contributed by atoms with Crippen LogP contribution in [0.1, 0.15) is 32.1 Å². The highest BCUT2D eigenvalue weighted by molar-refractivity contribution is 5.79. The second-order valence-electron chi connectivity index (χ2n) is 4.89. The molecule has 1 saturated carbocycles. The molecule has 0 spiro atoms. The first-order chi connectivity index (χ1) is 8.25. The van der Waals surface area contributed by atoms with Crippen molar-refractivity contribution < 1.29 is 14.3 Å². The minimum atomic E-state index is -0.280. The molecule has 1 aliphatic carbocycles. The van der Waals surface area contributed by atoms with Crippen molar-refractivity contribution in [2.24, 2.45) is 5.73 Å². The average molecular weight is 242 g/mol. The summed E-state index contributed by atoms with van der Waals surface area (Å²) in [5, 5.41) is 3.23. The number of carbonyl (C=O) groups is 1. The molecule has 2 atom stereocenters. The van der Waals surface area contributed by atoms with Gasteiger partial charge in [-0.15, -0.1) is 0 Å². The highest BCUT2D eigenvalue weighted by Crippen LogP contribution is 2.20. The van der Waals surface area contributed by atoms with Crippen molar-refractivity contribution in [2.45, 2.75) is 50.3 Å². The first kappa shape index (κ1) is 12.8. The molecule has 0 radical (unpaired) electrons. The standard InChI is InChI=1S/C12H22N2O3/c13-12(15)11(14-9-3-4-9)5-7-16-8-10-2-1-6-17-10/h9-11,14H,1-8H2,(H2,13,15). The Kier molecular flexibility index (Phi) is 4.76. The predicted molar refractivity (Wildman–Crippen MR) is 63.6 cm³/mol. The van der Waals surface area contributed by atoms with Crippen LogP contribution in [0.15, 0.2) is 0 Å². The molecule has 98 valence electrons. The molecule has 5 heteroatoms. The Hall–Kier alpha value is -0.650. The van der Waals surface area contributed by atoms with Crippen molar-refractivity contribution >= 4 is 5.91 Å². The molecule has 1 heterocycles. The maximum Gasteiger partial charge on any atom is 0.234 e. The monoisotopic (exact) mass is 242 g/mol. The maximum atomic E-state index is 11.2. The second-order valence-corrected chi connectivity index (χ2v) is 4.89. The molecule has 0 aromatic heterocycles. The Balaban J connectivity index is 1.56. The third-order valence-electron chi connectivity index (χ3n) is 3.24. The molecular weight excluding hydrogens is 220 g/mol. The Labute approximate surface area is 102 Å². The van der Waals surface area contributed by atoms with Crippen molar-refractivity contribution in [1.29, 1.82) is 0 Å². The Morgan fingerprint density at radius 3 is 2.88 bits per heavy atom. The highest BCUT2D eigenvalue weighted by atomic mass is 16.5. The number of ether oxygens (including phenoxy) is 2. The van der Waals surface area contributed by atoms with Crippen LogP contribution < -0.4 is 11.1 Å². The molecule has 5 nitrogen and oxygen atoms in total. The number of hydrogen-bond acceptors (Lipinski definition) is 4. The number of primary amides is 1. The lowest BCUT2D eigenvalue weighted by atomic mass is 10.2. The van der Waals surface area contributed by atoms with Gasteiger partial charge in [0.1, 0.15) is 0 Å². The molecule has 1 amide bonds. The molecule has 2 unspecified atom stereocenters. The first-order valence-electron chi connectivity index (χ1n) is 6.50. The number of nitrogens with two attached hydrogens (primary N) is 1. The average Bonchev–Trinajstić information content (AvgIpc) is 2.96. The van der Waals surface area contributed by atoms with Gasteiger partial charge in [0.25, 0.3) is 0 Å². The summed E-state index contributed by atoms with van der Waals surface area (Å²) < 4.78 is 11.0. The lowest BCUT2D eigenvalue weighted by Gasteiger charge is -2.16. The van der Waals surface area contributed by atoms with Gasteiger partial charge in [0.05, 0.1) is 18.8 Å². The molecule has 0 aromatic carbocycles. The number of hydrogen-bond donors (Lipinski definition) is 2. The molecular formula is C12H22N2O3. The van der Waals surface area contributed by atoms with Crippen molar-refractivity contribution in [3.8, 4) is 0 Å². The summed E-state index contributed by atoms with van der Waals surface area (Å²) >= 11 is 0.